The minimum Gasteiger partial charge on any atom is -0.375 e. The van der Waals surface area contributed by atoms with Crippen molar-refractivity contribution < 1.29 is 0 Å². The van der Waals surface area contributed by atoms with Crippen molar-refractivity contribution in [3.63, 3.8) is 0 Å². The molecule has 4 nitrogen and oxygen atoms in total. The normalized spacial score (nSPS) is 10.9. The third-order valence-electron chi connectivity index (χ3n) is 1.68. The highest BCUT2D eigenvalue weighted by atomic mass is 32.1. The Labute approximate surface area is 95.8 Å². The molecule has 2 heterocycles. The Morgan fingerprint density at radius 2 is 2.53 bits per heavy atom. The number of nitrogens with zero attached hydrogens (tertiary/aromatic N) is 2. The molecule has 0 bridgehead atoms. The highest BCUT2D eigenvalue weighted by Crippen LogP contribution is 2.21. The zero-order chi connectivity index (χ0) is 10.7. The number of aromatic nitrogens is 1. The first kappa shape index (κ1) is 10.0. The van der Waals surface area contributed by atoms with Crippen LogP contribution in [0.4, 0.5) is 0 Å². The van der Waals surface area contributed by atoms with Gasteiger partial charge in [0, 0.05) is 16.5 Å². The molecule has 15 heavy (non-hydrogen) atoms. The molecule has 0 aromatic carbocycles. The number of thiophene rings is 1. The molecule has 0 radical (unpaired) electrons. The highest BCUT2D eigenvalue weighted by molar-refractivity contribution is 7.80. The SMILES string of the molecule is NC(=S)N/N=C/c1cc2cccnc2s1. The zero-order valence-electron chi connectivity index (χ0n) is 7.68. The molecule has 0 amide bonds. The average molecular weight is 236 g/mol. The van der Waals surface area contributed by atoms with E-state index in [4.69, 9.17) is 5.73 Å². The molecule has 2 rings (SSSR count). The fraction of sp³-hybridized carbons (Fsp3) is 0. The zero-order valence-corrected chi connectivity index (χ0v) is 9.31. The predicted octanol–water partition coefficient (Wildman–Crippen LogP) is 1.46. The van der Waals surface area contributed by atoms with Gasteiger partial charge < -0.3 is 5.73 Å². The first-order chi connectivity index (χ1) is 7.25. The van der Waals surface area contributed by atoms with Crippen molar-refractivity contribution in [1.82, 2.24) is 10.4 Å². The molecule has 0 atom stereocenters. The molecule has 0 aliphatic carbocycles. The minimum absolute atomic E-state index is 0.158. The van der Waals surface area contributed by atoms with Gasteiger partial charge >= 0.3 is 0 Å². The van der Waals surface area contributed by atoms with Crippen molar-refractivity contribution in [2.45, 2.75) is 0 Å². The van der Waals surface area contributed by atoms with Gasteiger partial charge in [-0.1, -0.05) is 6.07 Å². The fourth-order valence-corrected chi connectivity index (χ4v) is 2.04. The minimum atomic E-state index is 0.158. The number of hydrazone groups is 1. The number of nitrogens with two attached hydrogens (primary N) is 1. The number of rotatable bonds is 2. The molecule has 0 unspecified atom stereocenters. The molecule has 6 heteroatoms. The van der Waals surface area contributed by atoms with Gasteiger partial charge in [-0.2, -0.15) is 5.10 Å². The molecule has 0 saturated carbocycles. The van der Waals surface area contributed by atoms with Crippen molar-refractivity contribution in [3.05, 3.63) is 29.3 Å². The van der Waals surface area contributed by atoms with Crippen molar-refractivity contribution in [3.8, 4) is 0 Å². The summed E-state index contributed by atoms with van der Waals surface area (Å²) in [6, 6.07) is 5.93. The molecule has 0 aliphatic rings. The molecule has 2 aromatic rings. The number of thiocarbonyl (C=S) groups is 1. The maximum absolute atomic E-state index is 5.23. The van der Waals surface area contributed by atoms with E-state index in [2.05, 4.69) is 27.7 Å². The average Bonchev–Trinajstić information content (AvgIpc) is 2.59. The highest BCUT2D eigenvalue weighted by Gasteiger charge is 1.98. The van der Waals surface area contributed by atoms with E-state index in [1.165, 1.54) is 0 Å². The molecule has 2 aromatic heterocycles. The van der Waals surface area contributed by atoms with Crippen LogP contribution >= 0.6 is 23.6 Å². The van der Waals surface area contributed by atoms with Gasteiger partial charge in [-0.25, -0.2) is 4.98 Å². The smallest absolute Gasteiger partial charge is 0.184 e. The van der Waals surface area contributed by atoms with E-state index in [1.807, 2.05) is 18.2 Å². The van der Waals surface area contributed by atoms with E-state index < -0.39 is 0 Å². The van der Waals surface area contributed by atoms with E-state index in [0.717, 1.165) is 15.1 Å². The Bertz CT molecular complexity index is 485. The summed E-state index contributed by atoms with van der Waals surface area (Å²) in [5.74, 6) is 0. The predicted molar refractivity (Wildman–Crippen MR) is 67.1 cm³/mol. The number of hydrogen-bond acceptors (Lipinski definition) is 4. The molecular formula is C9H8N4S2. The van der Waals surface area contributed by atoms with Crippen molar-refractivity contribution in [2.24, 2.45) is 10.8 Å². The summed E-state index contributed by atoms with van der Waals surface area (Å²) in [4.78, 5) is 6.23. The van der Waals surface area contributed by atoms with Crippen molar-refractivity contribution in [1.29, 1.82) is 0 Å². The Kier molecular flexibility index (Phi) is 2.89. The molecular weight excluding hydrogens is 228 g/mol. The summed E-state index contributed by atoms with van der Waals surface area (Å²) in [5.41, 5.74) is 7.73. The Balaban J connectivity index is 2.22. The Morgan fingerprint density at radius 3 is 3.27 bits per heavy atom. The molecule has 76 valence electrons. The second-order valence-corrected chi connectivity index (χ2v) is 4.28. The van der Waals surface area contributed by atoms with E-state index >= 15 is 0 Å². The van der Waals surface area contributed by atoms with E-state index in [-0.39, 0.29) is 5.11 Å². The molecule has 0 spiro atoms. The summed E-state index contributed by atoms with van der Waals surface area (Å²) in [6.45, 7) is 0. The van der Waals surface area contributed by atoms with Crippen molar-refractivity contribution >= 4 is 45.1 Å². The number of hydrogen-bond donors (Lipinski definition) is 2. The number of pyridine rings is 1. The maximum Gasteiger partial charge on any atom is 0.184 e. The van der Waals surface area contributed by atoms with Crippen LogP contribution in [0.25, 0.3) is 10.2 Å². The van der Waals surface area contributed by atoms with Crippen LogP contribution in [0.1, 0.15) is 4.88 Å². The van der Waals surface area contributed by atoms with Gasteiger partial charge in [-0.05, 0) is 24.4 Å². The van der Waals surface area contributed by atoms with E-state index in [9.17, 15) is 0 Å². The van der Waals surface area contributed by atoms with Crippen LogP contribution in [0, 0.1) is 0 Å². The van der Waals surface area contributed by atoms with E-state index in [0.29, 0.717) is 0 Å². The van der Waals surface area contributed by atoms with Crippen LogP contribution in [0.15, 0.2) is 29.5 Å². The van der Waals surface area contributed by atoms with Crippen LogP contribution in [0.2, 0.25) is 0 Å². The number of fused-ring (bicyclic) bond motifs is 1. The van der Waals surface area contributed by atoms with Crippen LogP contribution < -0.4 is 11.2 Å². The standard InChI is InChI=1S/C9H8N4S2/c10-9(14)13-12-5-7-4-6-2-1-3-11-8(6)15-7/h1-5H,(H3,10,13,14)/b12-5+. The van der Waals surface area contributed by atoms with Gasteiger partial charge in [0.15, 0.2) is 5.11 Å². The topological polar surface area (TPSA) is 63.3 Å². The molecule has 0 saturated heterocycles. The lowest BCUT2D eigenvalue weighted by molar-refractivity contribution is 1.04. The summed E-state index contributed by atoms with van der Waals surface area (Å²) in [6.07, 6.45) is 3.44. The van der Waals surface area contributed by atoms with Crippen LogP contribution in [-0.4, -0.2) is 16.3 Å². The van der Waals surface area contributed by atoms with Gasteiger partial charge in [0.2, 0.25) is 0 Å². The number of nitrogens with one attached hydrogen (secondary N) is 1. The lowest BCUT2D eigenvalue weighted by Crippen LogP contribution is -2.23. The van der Waals surface area contributed by atoms with Gasteiger partial charge in [0.1, 0.15) is 4.83 Å². The monoisotopic (exact) mass is 236 g/mol. The van der Waals surface area contributed by atoms with Crippen LogP contribution in [-0.2, 0) is 0 Å². The third kappa shape index (κ3) is 2.48. The molecule has 0 fully saturated rings. The second kappa shape index (κ2) is 4.33. The molecule has 3 N–H and O–H groups in total. The van der Waals surface area contributed by atoms with Gasteiger partial charge in [0.05, 0.1) is 6.21 Å². The van der Waals surface area contributed by atoms with Crippen LogP contribution in [0.5, 0.6) is 0 Å². The third-order valence-corrected chi connectivity index (χ3v) is 2.76. The Morgan fingerprint density at radius 1 is 1.67 bits per heavy atom. The summed E-state index contributed by atoms with van der Waals surface area (Å²) < 4.78 is 0. The van der Waals surface area contributed by atoms with Gasteiger partial charge in [-0.15, -0.1) is 11.3 Å². The lowest BCUT2D eigenvalue weighted by atomic mass is 10.3. The largest absolute Gasteiger partial charge is 0.375 e. The molecule has 0 aliphatic heterocycles. The second-order valence-electron chi connectivity index (χ2n) is 2.78. The lowest BCUT2D eigenvalue weighted by Gasteiger charge is -1.91. The summed E-state index contributed by atoms with van der Waals surface area (Å²) in [7, 11) is 0. The van der Waals surface area contributed by atoms with Crippen molar-refractivity contribution in [2.75, 3.05) is 0 Å². The first-order valence-corrected chi connectivity index (χ1v) is 5.41. The fourth-order valence-electron chi connectivity index (χ4n) is 1.12. The summed E-state index contributed by atoms with van der Waals surface area (Å²) >= 11 is 6.18. The van der Waals surface area contributed by atoms with Gasteiger partial charge in [-0.3, -0.25) is 5.43 Å². The summed E-state index contributed by atoms with van der Waals surface area (Å²) in [5, 5.41) is 5.15. The quantitative estimate of drug-likeness (QED) is 0.471. The first-order valence-electron chi connectivity index (χ1n) is 4.19. The van der Waals surface area contributed by atoms with E-state index in [1.54, 1.807) is 23.7 Å². The Hall–Kier alpha value is -1.53. The maximum atomic E-state index is 5.23. The van der Waals surface area contributed by atoms with Crippen LogP contribution in [0.3, 0.4) is 0 Å². The van der Waals surface area contributed by atoms with Gasteiger partial charge in [0.25, 0.3) is 0 Å².